The van der Waals surface area contributed by atoms with Crippen molar-refractivity contribution in [2.24, 2.45) is 0 Å². The summed E-state index contributed by atoms with van der Waals surface area (Å²) in [6.07, 6.45) is 6.57. The molecule has 1 fully saturated rings. The third kappa shape index (κ3) is 4.30. The van der Waals surface area contributed by atoms with Crippen molar-refractivity contribution < 1.29 is 13.9 Å². The van der Waals surface area contributed by atoms with Gasteiger partial charge in [-0.2, -0.15) is 0 Å². The van der Waals surface area contributed by atoms with Gasteiger partial charge in [-0.05, 0) is 48.7 Å². The van der Waals surface area contributed by atoms with E-state index in [1.807, 2.05) is 12.1 Å². The van der Waals surface area contributed by atoms with Gasteiger partial charge >= 0.3 is 5.69 Å². The van der Waals surface area contributed by atoms with Crippen LogP contribution in [0.2, 0.25) is 0 Å². The normalized spacial score (nSPS) is 14.2. The van der Waals surface area contributed by atoms with Crippen molar-refractivity contribution in [3.8, 4) is 11.4 Å². The smallest absolute Gasteiger partial charge is 0.335 e. The van der Waals surface area contributed by atoms with Crippen LogP contribution in [0.15, 0.2) is 53.6 Å². The number of methoxy groups -OCH3 is 1. The number of fused-ring (bicyclic) bond motifs is 1. The number of amides is 1. The highest BCUT2D eigenvalue weighted by molar-refractivity contribution is 5.96. The van der Waals surface area contributed by atoms with Gasteiger partial charge in [0.1, 0.15) is 23.4 Å². The fraction of sp³-hybridized carbons (Fsp3) is 0.308. The molecular weight excluding hydrogens is 463 g/mol. The van der Waals surface area contributed by atoms with E-state index in [1.165, 1.54) is 32.0 Å². The van der Waals surface area contributed by atoms with Crippen LogP contribution in [0.3, 0.4) is 0 Å². The van der Waals surface area contributed by atoms with Crippen LogP contribution in [-0.4, -0.2) is 32.1 Å². The van der Waals surface area contributed by atoms with Crippen molar-refractivity contribution in [1.82, 2.24) is 24.4 Å². The van der Waals surface area contributed by atoms with Gasteiger partial charge in [-0.15, -0.1) is 0 Å². The first-order valence-corrected chi connectivity index (χ1v) is 11.9. The Morgan fingerprint density at radius 3 is 2.61 bits per heavy atom. The first-order chi connectivity index (χ1) is 17.5. The number of halogens is 1. The van der Waals surface area contributed by atoms with E-state index in [2.05, 4.69) is 15.3 Å². The maximum absolute atomic E-state index is 13.6. The Bertz CT molecular complexity index is 1470. The number of nitrogens with zero attached hydrogens (tertiary/aromatic N) is 4. The van der Waals surface area contributed by atoms with Crippen LogP contribution in [0.1, 0.15) is 54.1 Å². The van der Waals surface area contributed by atoms with Gasteiger partial charge in [0, 0.05) is 12.6 Å². The van der Waals surface area contributed by atoms with Gasteiger partial charge in [0.15, 0.2) is 11.5 Å². The molecule has 36 heavy (non-hydrogen) atoms. The number of hydrogen-bond acceptors (Lipinski definition) is 6. The number of ether oxygens (including phenoxy) is 1. The Hall–Kier alpha value is -4.21. The summed E-state index contributed by atoms with van der Waals surface area (Å²) < 4.78 is 22.1. The van der Waals surface area contributed by atoms with E-state index in [1.54, 1.807) is 21.3 Å². The fourth-order valence-electron chi connectivity index (χ4n) is 4.87. The predicted molar refractivity (Wildman–Crippen MR) is 134 cm³/mol. The second kappa shape index (κ2) is 9.80. The molecular formula is C26H27FN6O3. The van der Waals surface area contributed by atoms with Gasteiger partial charge in [-0.1, -0.05) is 31.4 Å². The van der Waals surface area contributed by atoms with E-state index in [0.29, 0.717) is 16.9 Å². The Balaban J connectivity index is 1.42. The molecule has 1 amide bonds. The van der Waals surface area contributed by atoms with E-state index in [-0.39, 0.29) is 35.4 Å². The predicted octanol–water partition coefficient (Wildman–Crippen LogP) is 3.75. The van der Waals surface area contributed by atoms with E-state index in [0.717, 1.165) is 37.3 Å². The minimum Gasteiger partial charge on any atom is -0.496 e. The number of nitrogen functional groups attached to an aromatic ring is 1. The van der Waals surface area contributed by atoms with Gasteiger partial charge in [0.2, 0.25) is 0 Å². The average molecular weight is 491 g/mol. The number of benzene rings is 2. The lowest BCUT2D eigenvalue weighted by molar-refractivity contribution is 0.0947. The number of carbonyl (C=O) groups is 1. The number of hydrogen-bond donors (Lipinski definition) is 2. The number of imidazole rings is 1. The monoisotopic (exact) mass is 490 g/mol. The third-order valence-corrected chi connectivity index (χ3v) is 6.67. The summed E-state index contributed by atoms with van der Waals surface area (Å²) in [6.45, 7) is 0.211. The Morgan fingerprint density at radius 1 is 1.14 bits per heavy atom. The number of nitrogens with one attached hydrogen (secondary N) is 1. The van der Waals surface area contributed by atoms with Crippen molar-refractivity contribution in [2.45, 2.75) is 44.7 Å². The van der Waals surface area contributed by atoms with Crippen LogP contribution < -0.4 is 21.5 Å². The second-order valence-corrected chi connectivity index (χ2v) is 8.90. The molecule has 186 valence electrons. The van der Waals surface area contributed by atoms with E-state index < -0.39 is 11.7 Å². The first-order valence-electron chi connectivity index (χ1n) is 11.9. The molecule has 2 aromatic heterocycles. The molecule has 0 bridgehead atoms. The SMILES string of the molecule is COc1ccc(F)cc1C(=O)NCc1ccc(-n2c(=O)n(C3CCCCC3)c3ncnc(N)c32)cc1. The summed E-state index contributed by atoms with van der Waals surface area (Å²) in [7, 11) is 1.42. The summed E-state index contributed by atoms with van der Waals surface area (Å²) in [6, 6.07) is 11.1. The maximum Gasteiger partial charge on any atom is 0.335 e. The topological polar surface area (TPSA) is 117 Å². The standard InChI is InChI=1S/C26H27FN6O3/c1-36-21-12-9-17(27)13-20(21)25(34)29-14-16-7-10-19(11-8-16)32-22-23(28)30-15-31-24(22)33(26(32)35)18-5-3-2-4-6-18/h7-13,15,18H,2-6,14H2,1H3,(H,29,34)(H2,28,30,31). The fourth-order valence-corrected chi connectivity index (χ4v) is 4.87. The van der Waals surface area contributed by atoms with E-state index in [4.69, 9.17) is 10.5 Å². The summed E-state index contributed by atoms with van der Waals surface area (Å²) >= 11 is 0. The molecule has 2 aromatic carbocycles. The molecule has 0 atom stereocenters. The van der Waals surface area contributed by atoms with Gasteiger partial charge < -0.3 is 15.8 Å². The molecule has 1 saturated carbocycles. The molecule has 0 radical (unpaired) electrons. The Kier molecular flexibility index (Phi) is 6.41. The molecule has 0 aliphatic heterocycles. The Morgan fingerprint density at radius 2 is 1.89 bits per heavy atom. The van der Waals surface area contributed by atoms with Crippen LogP contribution in [0.5, 0.6) is 5.75 Å². The summed E-state index contributed by atoms with van der Waals surface area (Å²) in [5, 5.41) is 2.78. The number of nitrogens with two attached hydrogens (primary N) is 1. The van der Waals surface area contributed by atoms with Crippen LogP contribution >= 0.6 is 0 Å². The highest BCUT2D eigenvalue weighted by Gasteiger charge is 2.25. The molecule has 3 N–H and O–H groups in total. The number of carbonyl (C=O) groups excluding carboxylic acids is 1. The molecule has 2 heterocycles. The van der Waals surface area contributed by atoms with Crippen LogP contribution in [0, 0.1) is 5.82 Å². The van der Waals surface area contributed by atoms with Crippen LogP contribution in [0.25, 0.3) is 16.9 Å². The minimum atomic E-state index is -0.522. The van der Waals surface area contributed by atoms with Crippen molar-refractivity contribution in [3.63, 3.8) is 0 Å². The van der Waals surface area contributed by atoms with Gasteiger partial charge in [-0.25, -0.2) is 19.2 Å². The summed E-state index contributed by atoms with van der Waals surface area (Å²) in [4.78, 5) is 34.7. The van der Waals surface area contributed by atoms with Crippen LogP contribution in [-0.2, 0) is 6.54 Å². The average Bonchev–Trinajstić information content (AvgIpc) is 3.21. The van der Waals surface area contributed by atoms with E-state index >= 15 is 0 Å². The summed E-state index contributed by atoms with van der Waals surface area (Å²) in [5.74, 6) is -0.441. The molecule has 5 rings (SSSR count). The van der Waals surface area contributed by atoms with Gasteiger partial charge in [0.25, 0.3) is 5.91 Å². The van der Waals surface area contributed by atoms with Crippen molar-refractivity contribution in [2.75, 3.05) is 12.8 Å². The highest BCUT2D eigenvalue weighted by Crippen LogP contribution is 2.31. The molecule has 1 aliphatic carbocycles. The van der Waals surface area contributed by atoms with E-state index in [9.17, 15) is 14.0 Å². The Labute approximate surface area is 206 Å². The van der Waals surface area contributed by atoms with Crippen molar-refractivity contribution in [1.29, 1.82) is 0 Å². The molecule has 0 spiro atoms. The largest absolute Gasteiger partial charge is 0.496 e. The first kappa shape index (κ1) is 23.5. The highest BCUT2D eigenvalue weighted by atomic mass is 19.1. The maximum atomic E-state index is 13.6. The lowest BCUT2D eigenvalue weighted by atomic mass is 9.95. The molecule has 4 aromatic rings. The zero-order valence-electron chi connectivity index (χ0n) is 19.9. The van der Waals surface area contributed by atoms with Crippen LogP contribution in [0.4, 0.5) is 10.2 Å². The lowest BCUT2D eigenvalue weighted by Gasteiger charge is -2.22. The number of rotatable bonds is 6. The van der Waals surface area contributed by atoms with Crippen molar-refractivity contribution in [3.05, 3.63) is 76.2 Å². The quantitative estimate of drug-likeness (QED) is 0.425. The number of anilines is 1. The zero-order valence-corrected chi connectivity index (χ0v) is 19.9. The lowest BCUT2D eigenvalue weighted by Crippen LogP contribution is -2.28. The zero-order chi connectivity index (χ0) is 25.2. The molecule has 9 nitrogen and oxygen atoms in total. The summed E-state index contributed by atoms with van der Waals surface area (Å²) in [5.41, 5.74) is 8.59. The van der Waals surface area contributed by atoms with Gasteiger partial charge in [0.05, 0.1) is 18.4 Å². The second-order valence-electron chi connectivity index (χ2n) is 8.90. The van der Waals surface area contributed by atoms with Gasteiger partial charge in [-0.3, -0.25) is 13.9 Å². The molecule has 1 aliphatic rings. The molecule has 10 heteroatoms. The molecule has 0 saturated heterocycles. The minimum absolute atomic E-state index is 0.0820. The number of aromatic nitrogens is 4. The third-order valence-electron chi connectivity index (χ3n) is 6.67. The molecule has 0 unspecified atom stereocenters. The van der Waals surface area contributed by atoms with Crippen molar-refractivity contribution >= 4 is 22.9 Å².